The summed E-state index contributed by atoms with van der Waals surface area (Å²) in [6.07, 6.45) is -1.12. The quantitative estimate of drug-likeness (QED) is 0.430. The number of hydrogen-bond acceptors (Lipinski definition) is 7. The van der Waals surface area contributed by atoms with E-state index >= 15 is 0 Å². The molecule has 5 rings (SSSR count). The summed E-state index contributed by atoms with van der Waals surface area (Å²) in [5.41, 5.74) is 0.962. The molecule has 0 radical (unpaired) electrons. The van der Waals surface area contributed by atoms with Gasteiger partial charge in [0, 0.05) is 17.1 Å². The fraction of sp³-hybridized carbons (Fsp3) is 0.154. The van der Waals surface area contributed by atoms with E-state index in [1.807, 2.05) is 30.3 Å². The number of nitrogens with zero attached hydrogens (tertiary/aromatic N) is 2. The van der Waals surface area contributed by atoms with Crippen LogP contribution in [-0.2, 0) is 16.1 Å². The lowest BCUT2D eigenvalue weighted by Crippen LogP contribution is -2.32. The molecule has 0 aliphatic carbocycles. The number of hydrogen-bond donors (Lipinski definition) is 1. The van der Waals surface area contributed by atoms with E-state index in [0.29, 0.717) is 28.0 Å². The number of esters is 1. The molecule has 35 heavy (non-hydrogen) atoms. The van der Waals surface area contributed by atoms with Crippen molar-refractivity contribution in [2.45, 2.75) is 19.6 Å². The smallest absolute Gasteiger partial charge is 0.360 e. The summed E-state index contributed by atoms with van der Waals surface area (Å²) in [5.74, 6) is -0.231. The monoisotopic (exact) mass is 471 g/mol. The van der Waals surface area contributed by atoms with Crippen molar-refractivity contribution >= 4 is 28.3 Å². The Balaban J connectivity index is 1.38. The first kappa shape index (κ1) is 22.1. The first-order valence-corrected chi connectivity index (χ1v) is 10.9. The Kier molecular flexibility index (Phi) is 5.88. The lowest BCUT2D eigenvalue weighted by Gasteiger charge is -2.15. The number of carbonyl (C=O) groups excluding carboxylic acids is 2. The molecule has 4 aromatic rings. The number of benzene rings is 3. The number of fused-ring (bicyclic) bond motifs is 2. The first-order valence-electron chi connectivity index (χ1n) is 10.9. The van der Waals surface area contributed by atoms with Gasteiger partial charge >= 0.3 is 5.97 Å². The molecule has 2 heterocycles. The summed E-state index contributed by atoms with van der Waals surface area (Å²) in [5, 5.41) is 7.68. The number of aromatic nitrogens is 2. The average molecular weight is 471 g/mol. The SMILES string of the molecule is C[C@H](OC(=O)c1nn(Cc2ccccc2)c(=O)c2ccccc12)C(=O)Nc1ccc2c(c1)OCO2. The van der Waals surface area contributed by atoms with E-state index in [1.165, 1.54) is 11.6 Å². The van der Waals surface area contributed by atoms with E-state index < -0.39 is 18.0 Å². The molecule has 0 bridgehead atoms. The van der Waals surface area contributed by atoms with Crippen LogP contribution in [0.5, 0.6) is 11.5 Å². The maximum absolute atomic E-state index is 13.1. The Hall–Kier alpha value is -4.66. The molecular formula is C26H21N3O6. The van der Waals surface area contributed by atoms with Gasteiger partial charge in [-0.05, 0) is 30.7 Å². The molecule has 0 spiro atoms. The van der Waals surface area contributed by atoms with Crippen LogP contribution in [0.2, 0.25) is 0 Å². The minimum absolute atomic E-state index is 0.0427. The fourth-order valence-electron chi connectivity index (χ4n) is 3.74. The second kappa shape index (κ2) is 9.30. The molecule has 1 aliphatic heterocycles. The van der Waals surface area contributed by atoms with Crippen LogP contribution in [0.1, 0.15) is 23.0 Å². The molecule has 0 saturated heterocycles. The predicted octanol–water partition coefficient (Wildman–Crippen LogP) is 3.36. The molecule has 1 aliphatic rings. The largest absolute Gasteiger partial charge is 0.454 e. The number of nitrogens with one attached hydrogen (secondary N) is 1. The molecule has 1 amide bonds. The Morgan fingerprint density at radius 2 is 1.71 bits per heavy atom. The van der Waals surface area contributed by atoms with Crippen molar-refractivity contribution in [2.24, 2.45) is 0 Å². The summed E-state index contributed by atoms with van der Waals surface area (Å²) in [4.78, 5) is 38.7. The summed E-state index contributed by atoms with van der Waals surface area (Å²) >= 11 is 0. The summed E-state index contributed by atoms with van der Waals surface area (Å²) in [6.45, 7) is 1.77. The van der Waals surface area contributed by atoms with Crippen LogP contribution >= 0.6 is 0 Å². The average Bonchev–Trinajstić information content (AvgIpc) is 3.34. The summed E-state index contributed by atoms with van der Waals surface area (Å²) in [6, 6.07) is 21.0. The molecule has 9 nitrogen and oxygen atoms in total. The minimum atomic E-state index is -1.12. The third-order valence-electron chi connectivity index (χ3n) is 5.53. The van der Waals surface area contributed by atoms with Gasteiger partial charge in [-0.3, -0.25) is 9.59 Å². The molecule has 9 heteroatoms. The lowest BCUT2D eigenvalue weighted by molar-refractivity contribution is -0.123. The number of carbonyl (C=O) groups is 2. The second-order valence-corrected chi connectivity index (χ2v) is 7.95. The maximum atomic E-state index is 13.1. The maximum Gasteiger partial charge on any atom is 0.360 e. The Bertz CT molecular complexity index is 1480. The molecule has 3 aromatic carbocycles. The van der Waals surface area contributed by atoms with Crippen molar-refractivity contribution in [3.63, 3.8) is 0 Å². The number of anilines is 1. The fourth-order valence-corrected chi connectivity index (χ4v) is 3.74. The van der Waals surface area contributed by atoms with Gasteiger partial charge < -0.3 is 19.5 Å². The van der Waals surface area contributed by atoms with Crippen LogP contribution in [0, 0.1) is 0 Å². The minimum Gasteiger partial charge on any atom is -0.454 e. The van der Waals surface area contributed by atoms with Gasteiger partial charge in [0.15, 0.2) is 23.3 Å². The zero-order chi connectivity index (χ0) is 24.4. The van der Waals surface area contributed by atoms with E-state index in [-0.39, 0.29) is 24.6 Å². The Labute approximate surface area is 199 Å². The highest BCUT2D eigenvalue weighted by molar-refractivity contribution is 6.03. The highest BCUT2D eigenvalue weighted by Gasteiger charge is 2.24. The van der Waals surface area contributed by atoms with Crippen molar-refractivity contribution in [1.82, 2.24) is 9.78 Å². The molecular weight excluding hydrogens is 450 g/mol. The van der Waals surface area contributed by atoms with E-state index in [0.717, 1.165) is 5.56 Å². The molecule has 1 atom stereocenters. The van der Waals surface area contributed by atoms with Gasteiger partial charge in [0.1, 0.15) is 0 Å². The van der Waals surface area contributed by atoms with Gasteiger partial charge in [0.05, 0.1) is 11.9 Å². The van der Waals surface area contributed by atoms with Crippen molar-refractivity contribution in [3.05, 3.63) is 94.4 Å². The third-order valence-corrected chi connectivity index (χ3v) is 5.53. The van der Waals surface area contributed by atoms with E-state index in [4.69, 9.17) is 14.2 Å². The van der Waals surface area contributed by atoms with Crippen molar-refractivity contribution in [2.75, 3.05) is 12.1 Å². The van der Waals surface area contributed by atoms with E-state index in [2.05, 4.69) is 10.4 Å². The standard InChI is InChI=1S/C26H21N3O6/c1-16(24(30)27-18-11-12-21-22(13-18)34-15-33-21)35-26(32)23-19-9-5-6-10-20(19)25(31)29(28-23)14-17-7-3-2-4-8-17/h2-13,16H,14-15H2,1H3,(H,27,30)/t16-/m0/s1. The van der Waals surface area contributed by atoms with E-state index in [9.17, 15) is 14.4 Å². The van der Waals surface area contributed by atoms with Crippen LogP contribution in [0.4, 0.5) is 5.69 Å². The van der Waals surface area contributed by atoms with Gasteiger partial charge in [-0.2, -0.15) is 5.10 Å². The zero-order valence-corrected chi connectivity index (χ0v) is 18.8. The Morgan fingerprint density at radius 3 is 2.51 bits per heavy atom. The van der Waals surface area contributed by atoms with Gasteiger partial charge in [-0.1, -0.05) is 48.5 Å². The van der Waals surface area contributed by atoms with Crippen LogP contribution in [0.25, 0.3) is 10.8 Å². The molecule has 0 fully saturated rings. The van der Waals surface area contributed by atoms with Crippen molar-refractivity contribution < 1.29 is 23.8 Å². The first-order chi connectivity index (χ1) is 17.0. The molecule has 1 aromatic heterocycles. The van der Waals surface area contributed by atoms with Crippen molar-refractivity contribution in [3.8, 4) is 11.5 Å². The zero-order valence-electron chi connectivity index (χ0n) is 18.8. The van der Waals surface area contributed by atoms with Crippen molar-refractivity contribution in [1.29, 1.82) is 0 Å². The van der Waals surface area contributed by atoms with Crippen LogP contribution in [0.15, 0.2) is 77.6 Å². The van der Waals surface area contributed by atoms with Crippen LogP contribution in [0.3, 0.4) is 0 Å². The lowest BCUT2D eigenvalue weighted by atomic mass is 10.1. The molecule has 176 valence electrons. The third kappa shape index (κ3) is 4.56. The predicted molar refractivity (Wildman–Crippen MR) is 128 cm³/mol. The second-order valence-electron chi connectivity index (χ2n) is 7.95. The number of ether oxygens (including phenoxy) is 3. The number of rotatable bonds is 6. The summed E-state index contributed by atoms with van der Waals surface area (Å²) in [7, 11) is 0. The highest BCUT2D eigenvalue weighted by Crippen LogP contribution is 2.34. The normalized spacial score (nSPS) is 12.8. The summed E-state index contributed by atoms with van der Waals surface area (Å²) < 4.78 is 17.2. The molecule has 0 saturated carbocycles. The molecule has 1 N–H and O–H groups in total. The molecule has 0 unspecified atom stereocenters. The van der Waals surface area contributed by atoms with Gasteiger partial charge in [0.2, 0.25) is 6.79 Å². The van der Waals surface area contributed by atoms with Gasteiger partial charge in [-0.25, -0.2) is 9.48 Å². The van der Waals surface area contributed by atoms with Gasteiger partial charge in [0.25, 0.3) is 11.5 Å². The van der Waals surface area contributed by atoms with Gasteiger partial charge in [-0.15, -0.1) is 0 Å². The highest BCUT2D eigenvalue weighted by atomic mass is 16.7. The van der Waals surface area contributed by atoms with Crippen LogP contribution in [-0.4, -0.2) is 34.6 Å². The Morgan fingerprint density at radius 1 is 1.00 bits per heavy atom. The topological polar surface area (TPSA) is 109 Å². The van der Waals surface area contributed by atoms with E-state index in [1.54, 1.807) is 42.5 Å². The number of amides is 1. The van der Waals surface area contributed by atoms with Crippen LogP contribution < -0.4 is 20.3 Å².